The molecular formula is C12H14N6O2. The largest absolute Gasteiger partial charge is 0.461 e. The molecule has 8 heteroatoms. The van der Waals surface area contributed by atoms with Crippen LogP contribution in [0.5, 0.6) is 0 Å². The van der Waals surface area contributed by atoms with Gasteiger partial charge in [-0.1, -0.05) is 0 Å². The van der Waals surface area contributed by atoms with Gasteiger partial charge in [0, 0.05) is 24.9 Å². The lowest BCUT2D eigenvalue weighted by Gasteiger charge is -2.02. The Hall–Kier alpha value is -2.82. The first-order valence-corrected chi connectivity index (χ1v) is 6.08. The van der Waals surface area contributed by atoms with E-state index in [4.69, 9.17) is 15.7 Å². The highest BCUT2D eigenvalue weighted by Crippen LogP contribution is 2.17. The number of nitrogens with zero attached hydrogens (tertiary/aromatic N) is 4. The number of rotatable bonds is 5. The fourth-order valence-corrected chi connectivity index (χ4v) is 1.75. The molecule has 0 aliphatic heterocycles. The van der Waals surface area contributed by atoms with Crippen LogP contribution in [0.1, 0.15) is 28.7 Å². The number of imidazole rings is 1. The molecule has 8 nitrogen and oxygen atoms in total. The lowest BCUT2D eigenvalue weighted by Crippen LogP contribution is -2.09. The number of nitriles is 1. The third kappa shape index (κ3) is 2.61. The molecule has 0 aliphatic carbocycles. The number of ether oxygens (including phenoxy) is 1. The smallest absolute Gasteiger partial charge is 0.360 e. The van der Waals surface area contributed by atoms with Gasteiger partial charge in [0.05, 0.1) is 12.9 Å². The van der Waals surface area contributed by atoms with Gasteiger partial charge in [0.25, 0.3) is 0 Å². The zero-order valence-corrected chi connectivity index (χ0v) is 11.0. The van der Waals surface area contributed by atoms with Crippen LogP contribution < -0.4 is 5.73 Å². The monoisotopic (exact) mass is 274 g/mol. The second kappa shape index (κ2) is 5.88. The van der Waals surface area contributed by atoms with Gasteiger partial charge < -0.3 is 15.5 Å². The molecule has 0 atom stereocenters. The number of nitrogens with one attached hydrogen (secondary N) is 1. The molecule has 104 valence electrons. The van der Waals surface area contributed by atoms with Crippen LogP contribution in [0.2, 0.25) is 0 Å². The summed E-state index contributed by atoms with van der Waals surface area (Å²) in [6.45, 7) is 2.33. The van der Waals surface area contributed by atoms with Crippen LogP contribution in [0.25, 0.3) is 0 Å². The van der Waals surface area contributed by atoms with Gasteiger partial charge in [0.1, 0.15) is 17.5 Å². The van der Waals surface area contributed by atoms with Crippen molar-refractivity contribution in [2.45, 2.75) is 19.9 Å². The highest BCUT2D eigenvalue weighted by Gasteiger charge is 2.22. The fraction of sp³-hybridized carbons (Fsp3) is 0.333. The first-order valence-electron chi connectivity index (χ1n) is 6.08. The number of anilines is 1. The number of aromatic amines is 1. The Kier molecular flexibility index (Phi) is 4.00. The number of carbonyl (C=O) groups is 1. The summed E-state index contributed by atoms with van der Waals surface area (Å²) in [6.07, 6.45) is 3.88. The lowest BCUT2D eigenvalue weighted by molar-refractivity contribution is 0.0518. The van der Waals surface area contributed by atoms with E-state index in [0.717, 1.165) is 5.69 Å². The van der Waals surface area contributed by atoms with Crippen LogP contribution >= 0.6 is 0 Å². The van der Waals surface area contributed by atoms with Gasteiger partial charge in [-0.05, 0) is 6.92 Å². The van der Waals surface area contributed by atoms with Crippen LogP contribution in [0.3, 0.4) is 0 Å². The standard InChI is InChI=1S/C12H14N6O2/c1-2-20-12(19)10-9(5-13)11(14)18(17-10)4-3-8-6-15-7-16-8/h6-7H,2-4,14H2,1H3,(H,15,16). The van der Waals surface area contributed by atoms with Crippen molar-refractivity contribution in [3.8, 4) is 6.07 Å². The van der Waals surface area contributed by atoms with E-state index in [9.17, 15) is 4.79 Å². The van der Waals surface area contributed by atoms with Crippen molar-refractivity contribution < 1.29 is 9.53 Å². The molecular weight excluding hydrogens is 260 g/mol. The molecule has 0 radical (unpaired) electrons. The number of aryl methyl sites for hydroxylation is 2. The molecule has 0 saturated carbocycles. The molecule has 0 fully saturated rings. The second-order valence-electron chi connectivity index (χ2n) is 3.99. The predicted octanol–water partition coefficient (Wildman–Crippen LogP) is 0.479. The van der Waals surface area contributed by atoms with Gasteiger partial charge in [-0.3, -0.25) is 0 Å². The van der Waals surface area contributed by atoms with Gasteiger partial charge in [-0.25, -0.2) is 14.5 Å². The average molecular weight is 274 g/mol. The van der Waals surface area contributed by atoms with E-state index in [2.05, 4.69) is 15.1 Å². The highest BCUT2D eigenvalue weighted by atomic mass is 16.5. The molecule has 2 rings (SSSR count). The Balaban J connectivity index is 2.22. The summed E-state index contributed by atoms with van der Waals surface area (Å²) in [7, 11) is 0. The molecule has 0 aromatic carbocycles. The molecule has 2 aromatic heterocycles. The minimum atomic E-state index is -0.643. The van der Waals surface area contributed by atoms with Crippen LogP contribution in [-0.4, -0.2) is 32.3 Å². The molecule has 2 heterocycles. The van der Waals surface area contributed by atoms with Gasteiger partial charge >= 0.3 is 5.97 Å². The summed E-state index contributed by atoms with van der Waals surface area (Å²) in [5.74, 6) is -0.480. The van der Waals surface area contributed by atoms with E-state index in [1.807, 2.05) is 6.07 Å². The van der Waals surface area contributed by atoms with Crippen LogP contribution in [-0.2, 0) is 17.7 Å². The Morgan fingerprint density at radius 3 is 3.05 bits per heavy atom. The molecule has 0 bridgehead atoms. The molecule has 0 amide bonds. The number of aromatic nitrogens is 4. The quantitative estimate of drug-likeness (QED) is 0.764. The summed E-state index contributed by atoms with van der Waals surface area (Å²) in [5.41, 5.74) is 6.75. The number of carbonyl (C=O) groups excluding carboxylic acids is 1. The van der Waals surface area contributed by atoms with Gasteiger partial charge in [-0.15, -0.1) is 0 Å². The van der Waals surface area contributed by atoms with E-state index in [-0.39, 0.29) is 23.7 Å². The maximum atomic E-state index is 11.7. The zero-order valence-electron chi connectivity index (χ0n) is 11.0. The number of hydrogen-bond donors (Lipinski definition) is 2. The molecule has 3 N–H and O–H groups in total. The summed E-state index contributed by atoms with van der Waals surface area (Å²) in [4.78, 5) is 18.6. The Labute approximate surface area is 115 Å². The molecule has 0 aliphatic rings. The Bertz CT molecular complexity index is 638. The summed E-state index contributed by atoms with van der Waals surface area (Å²) in [6, 6.07) is 1.89. The summed E-state index contributed by atoms with van der Waals surface area (Å²) >= 11 is 0. The number of esters is 1. The second-order valence-corrected chi connectivity index (χ2v) is 3.99. The summed E-state index contributed by atoms with van der Waals surface area (Å²) in [5, 5.41) is 13.1. The summed E-state index contributed by atoms with van der Waals surface area (Å²) < 4.78 is 6.27. The van der Waals surface area contributed by atoms with E-state index < -0.39 is 5.97 Å². The number of H-pyrrole nitrogens is 1. The normalized spacial score (nSPS) is 10.2. The van der Waals surface area contributed by atoms with E-state index in [1.165, 1.54) is 4.68 Å². The highest BCUT2D eigenvalue weighted by molar-refractivity contribution is 5.91. The lowest BCUT2D eigenvalue weighted by atomic mass is 10.2. The van der Waals surface area contributed by atoms with Crippen molar-refractivity contribution in [1.82, 2.24) is 19.7 Å². The van der Waals surface area contributed by atoms with Crippen molar-refractivity contribution in [3.05, 3.63) is 29.5 Å². The molecule has 20 heavy (non-hydrogen) atoms. The third-order valence-corrected chi connectivity index (χ3v) is 2.72. The number of nitrogens with two attached hydrogens (primary N) is 1. The maximum absolute atomic E-state index is 11.7. The van der Waals surface area contributed by atoms with Crippen LogP contribution in [0.15, 0.2) is 12.5 Å². The maximum Gasteiger partial charge on any atom is 0.360 e. The van der Waals surface area contributed by atoms with Crippen molar-refractivity contribution in [2.75, 3.05) is 12.3 Å². The topological polar surface area (TPSA) is 123 Å². The van der Waals surface area contributed by atoms with Crippen molar-refractivity contribution in [3.63, 3.8) is 0 Å². The molecule has 0 spiro atoms. The van der Waals surface area contributed by atoms with E-state index >= 15 is 0 Å². The minimum absolute atomic E-state index is 0.0449. The fourth-order valence-electron chi connectivity index (χ4n) is 1.75. The first kappa shape index (κ1) is 13.6. The minimum Gasteiger partial charge on any atom is -0.461 e. The van der Waals surface area contributed by atoms with Gasteiger partial charge in [0.2, 0.25) is 0 Å². The SMILES string of the molecule is CCOC(=O)c1nn(CCc2cnc[nH]2)c(N)c1C#N. The third-order valence-electron chi connectivity index (χ3n) is 2.72. The van der Waals surface area contributed by atoms with Crippen molar-refractivity contribution >= 4 is 11.8 Å². The molecule has 0 saturated heterocycles. The Morgan fingerprint density at radius 1 is 1.65 bits per heavy atom. The van der Waals surface area contributed by atoms with Crippen LogP contribution in [0, 0.1) is 11.3 Å². The van der Waals surface area contributed by atoms with Gasteiger partial charge in [-0.2, -0.15) is 10.4 Å². The van der Waals surface area contributed by atoms with E-state index in [0.29, 0.717) is 13.0 Å². The predicted molar refractivity (Wildman–Crippen MR) is 69.6 cm³/mol. The van der Waals surface area contributed by atoms with Gasteiger partial charge in [0.15, 0.2) is 5.69 Å². The zero-order chi connectivity index (χ0) is 14.5. The van der Waals surface area contributed by atoms with Crippen LogP contribution in [0.4, 0.5) is 5.82 Å². The van der Waals surface area contributed by atoms with Crippen molar-refractivity contribution in [1.29, 1.82) is 5.26 Å². The molecule has 2 aromatic rings. The average Bonchev–Trinajstić information content (AvgIpc) is 3.04. The number of hydrogen-bond acceptors (Lipinski definition) is 6. The van der Waals surface area contributed by atoms with Crippen molar-refractivity contribution in [2.24, 2.45) is 0 Å². The Morgan fingerprint density at radius 2 is 2.45 bits per heavy atom. The molecule has 0 unspecified atom stereocenters. The number of nitrogen functional groups attached to an aromatic ring is 1. The first-order chi connectivity index (χ1) is 9.67. The van der Waals surface area contributed by atoms with E-state index in [1.54, 1.807) is 19.4 Å².